The molecule has 94 valence electrons. The predicted octanol–water partition coefficient (Wildman–Crippen LogP) is 1.69. The minimum absolute atomic E-state index is 0.456. The van der Waals surface area contributed by atoms with Crippen LogP contribution in [0.1, 0.15) is 11.1 Å². The molecule has 1 aliphatic rings. The predicted molar refractivity (Wildman–Crippen MR) is 74.0 cm³/mol. The Bertz CT molecular complexity index is 511. The normalized spacial score (nSPS) is 18.7. The zero-order valence-corrected chi connectivity index (χ0v) is 11.2. The third-order valence-corrected chi connectivity index (χ3v) is 4.12. The molecule has 0 amide bonds. The number of nitrogens with zero attached hydrogens (tertiary/aromatic N) is 3. The van der Waals surface area contributed by atoms with Gasteiger partial charge in [0, 0.05) is 19.1 Å². The van der Waals surface area contributed by atoms with Gasteiger partial charge in [-0.05, 0) is 24.6 Å². The molecule has 5 heteroatoms. The molecule has 0 spiro atoms. The summed E-state index contributed by atoms with van der Waals surface area (Å²) in [5.74, 6) is 0. The Kier molecular flexibility index (Phi) is 3.25. The summed E-state index contributed by atoms with van der Waals surface area (Å²) < 4.78 is 0. The van der Waals surface area contributed by atoms with Crippen LogP contribution in [0.15, 0.2) is 29.8 Å². The highest BCUT2D eigenvalue weighted by Gasteiger charge is 2.27. The van der Waals surface area contributed by atoms with Crippen LogP contribution < -0.4 is 10.2 Å². The van der Waals surface area contributed by atoms with Crippen LogP contribution in [0.25, 0.3) is 0 Å². The second-order valence-electron chi connectivity index (χ2n) is 4.53. The van der Waals surface area contributed by atoms with Crippen LogP contribution in [0.4, 0.5) is 5.13 Å². The maximum Gasteiger partial charge on any atom is 0.208 e. The molecule has 0 fully saturated rings. The van der Waals surface area contributed by atoms with Gasteiger partial charge in [0.25, 0.3) is 0 Å². The van der Waals surface area contributed by atoms with Crippen molar-refractivity contribution < 1.29 is 0 Å². The lowest BCUT2D eigenvalue weighted by atomic mass is 9.94. The van der Waals surface area contributed by atoms with E-state index in [1.807, 2.05) is 7.05 Å². The van der Waals surface area contributed by atoms with E-state index >= 15 is 0 Å². The van der Waals surface area contributed by atoms with Crippen molar-refractivity contribution in [2.75, 3.05) is 18.5 Å². The second-order valence-corrected chi connectivity index (χ2v) is 5.35. The van der Waals surface area contributed by atoms with Gasteiger partial charge in [0.2, 0.25) is 5.13 Å². The molecule has 18 heavy (non-hydrogen) atoms. The number of hydrogen-bond acceptors (Lipinski definition) is 5. The van der Waals surface area contributed by atoms with Crippen LogP contribution in [0.2, 0.25) is 0 Å². The number of aromatic nitrogens is 2. The van der Waals surface area contributed by atoms with Gasteiger partial charge in [0.1, 0.15) is 5.51 Å². The van der Waals surface area contributed by atoms with Gasteiger partial charge in [0.15, 0.2) is 0 Å². The second kappa shape index (κ2) is 5.04. The van der Waals surface area contributed by atoms with Gasteiger partial charge in [-0.3, -0.25) is 0 Å². The summed E-state index contributed by atoms with van der Waals surface area (Å²) in [5, 5.41) is 12.5. The van der Waals surface area contributed by atoms with Crippen LogP contribution in [0.3, 0.4) is 0 Å². The Morgan fingerprint density at radius 1 is 1.39 bits per heavy atom. The van der Waals surface area contributed by atoms with E-state index in [4.69, 9.17) is 0 Å². The minimum Gasteiger partial charge on any atom is -0.338 e. The van der Waals surface area contributed by atoms with Crippen molar-refractivity contribution >= 4 is 16.5 Å². The Morgan fingerprint density at radius 3 is 2.94 bits per heavy atom. The molecule has 0 radical (unpaired) electrons. The Labute approximate surface area is 111 Å². The average Bonchev–Trinajstić information content (AvgIpc) is 2.92. The highest BCUT2D eigenvalue weighted by molar-refractivity contribution is 7.13. The van der Waals surface area contributed by atoms with Crippen molar-refractivity contribution in [3.8, 4) is 0 Å². The largest absolute Gasteiger partial charge is 0.338 e. The quantitative estimate of drug-likeness (QED) is 0.912. The first kappa shape index (κ1) is 11.6. The molecule has 1 atom stereocenters. The topological polar surface area (TPSA) is 41.0 Å². The van der Waals surface area contributed by atoms with Gasteiger partial charge < -0.3 is 10.2 Å². The van der Waals surface area contributed by atoms with E-state index in [-0.39, 0.29) is 0 Å². The highest BCUT2D eigenvalue weighted by Crippen LogP contribution is 2.28. The highest BCUT2D eigenvalue weighted by atomic mass is 32.1. The Hall–Kier alpha value is -1.46. The van der Waals surface area contributed by atoms with Gasteiger partial charge >= 0.3 is 0 Å². The molecule has 1 aromatic carbocycles. The number of nitrogens with one attached hydrogen (secondary N) is 1. The lowest BCUT2D eigenvalue weighted by Crippen LogP contribution is -2.45. The Balaban J connectivity index is 1.93. The van der Waals surface area contributed by atoms with Crippen molar-refractivity contribution in [3.63, 3.8) is 0 Å². The smallest absolute Gasteiger partial charge is 0.208 e. The summed E-state index contributed by atoms with van der Waals surface area (Å²) >= 11 is 1.61. The molecule has 2 aromatic rings. The van der Waals surface area contributed by atoms with Crippen molar-refractivity contribution in [2.24, 2.45) is 0 Å². The van der Waals surface area contributed by atoms with Crippen molar-refractivity contribution in [1.29, 1.82) is 0 Å². The first-order valence-corrected chi connectivity index (χ1v) is 7.00. The summed E-state index contributed by atoms with van der Waals surface area (Å²) in [5.41, 5.74) is 4.66. The van der Waals surface area contributed by atoms with E-state index in [1.54, 1.807) is 16.8 Å². The van der Waals surface area contributed by atoms with Crippen LogP contribution in [0.5, 0.6) is 0 Å². The third kappa shape index (κ3) is 2.11. The molecule has 3 rings (SSSR count). The number of anilines is 1. The van der Waals surface area contributed by atoms with Crippen LogP contribution in [-0.2, 0) is 13.0 Å². The number of rotatable bonds is 3. The van der Waals surface area contributed by atoms with Crippen LogP contribution >= 0.6 is 11.3 Å². The first-order valence-electron chi connectivity index (χ1n) is 6.12. The fourth-order valence-corrected chi connectivity index (χ4v) is 3.15. The van der Waals surface area contributed by atoms with Gasteiger partial charge in [-0.25, -0.2) is 0 Å². The number of hydrogen-bond donors (Lipinski definition) is 1. The maximum atomic E-state index is 4.21. The maximum absolute atomic E-state index is 4.21. The standard InChI is InChI=1S/C13H16N4S/c1-14-7-12-6-10-4-2-3-5-11(10)8-17(12)13-16-15-9-18-13/h2-5,9,12,14H,6-8H2,1H3. The summed E-state index contributed by atoms with van der Waals surface area (Å²) in [7, 11) is 2.00. The molecule has 2 heterocycles. The molecule has 1 aliphatic heterocycles. The molecule has 0 aliphatic carbocycles. The summed E-state index contributed by atoms with van der Waals surface area (Å²) in [6.07, 6.45) is 1.07. The first-order chi connectivity index (χ1) is 8.88. The summed E-state index contributed by atoms with van der Waals surface area (Å²) in [6.45, 7) is 1.89. The number of fused-ring (bicyclic) bond motifs is 1. The number of benzene rings is 1. The van der Waals surface area contributed by atoms with Crippen molar-refractivity contribution in [3.05, 3.63) is 40.9 Å². The zero-order chi connectivity index (χ0) is 12.4. The van der Waals surface area contributed by atoms with Gasteiger partial charge in [-0.1, -0.05) is 35.6 Å². The van der Waals surface area contributed by atoms with Crippen molar-refractivity contribution in [2.45, 2.75) is 19.0 Å². The van der Waals surface area contributed by atoms with Gasteiger partial charge in [0.05, 0.1) is 0 Å². The molecule has 0 saturated heterocycles. The van der Waals surface area contributed by atoms with Crippen LogP contribution in [0, 0.1) is 0 Å². The molecule has 4 nitrogen and oxygen atoms in total. The van der Waals surface area contributed by atoms with Gasteiger partial charge in [-0.2, -0.15) is 0 Å². The van der Waals surface area contributed by atoms with E-state index in [1.165, 1.54) is 11.1 Å². The molecule has 1 aromatic heterocycles. The monoisotopic (exact) mass is 260 g/mol. The Morgan fingerprint density at radius 2 is 2.22 bits per heavy atom. The van der Waals surface area contributed by atoms with E-state index < -0.39 is 0 Å². The minimum atomic E-state index is 0.456. The van der Waals surface area contributed by atoms with E-state index in [0.717, 1.165) is 24.6 Å². The zero-order valence-electron chi connectivity index (χ0n) is 10.3. The number of likely N-dealkylation sites (N-methyl/N-ethyl adjacent to an activating group) is 1. The molecular formula is C13H16N4S. The lowest BCUT2D eigenvalue weighted by Gasteiger charge is -2.36. The van der Waals surface area contributed by atoms with Gasteiger partial charge in [-0.15, -0.1) is 10.2 Å². The SMILES string of the molecule is CNCC1Cc2ccccc2CN1c1nncs1. The lowest BCUT2D eigenvalue weighted by molar-refractivity contribution is 0.525. The van der Waals surface area contributed by atoms with E-state index in [2.05, 4.69) is 44.7 Å². The third-order valence-electron chi connectivity index (χ3n) is 3.39. The fraction of sp³-hybridized carbons (Fsp3) is 0.385. The fourth-order valence-electron chi connectivity index (χ4n) is 2.52. The summed E-state index contributed by atoms with van der Waals surface area (Å²) in [4.78, 5) is 2.36. The molecule has 0 bridgehead atoms. The molecule has 1 N–H and O–H groups in total. The van der Waals surface area contributed by atoms with E-state index in [0.29, 0.717) is 6.04 Å². The molecule has 0 saturated carbocycles. The molecule has 1 unspecified atom stereocenters. The average molecular weight is 260 g/mol. The molecular weight excluding hydrogens is 244 g/mol. The van der Waals surface area contributed by atoms with E-state index in [9.17, 15) is 0 Å². The van der Waals surface area contributed by atoms with Crippen molar-refractivity contribution in [1.82, 2.24) is 15.5 Å². The summed E-state index contributed by atoms with van der Waals surface area (Å²) in [6, 6.07) is 9.12. The van der Waals surface area contributed by atoms with Crippen LogP contribution in [-0.4, -0.2) is 29.8 Å².